The molecule has 1 aromatic carbocycles. The van der Waals surface area contributed by atoms with E-state index in [0.29, 0.717) is 17.6 Å². The van der Waals surface area contributed by atoms with Crippen molar-refractivity contribution in [3.63, 3.8) is 0 Å². The number of methoxy groups -OCH3 is 3. The number of allylic oxidation sites excluding steroid dienone is 2. The fourth-order valence-corrected chi connectivity index (χ4v) is 5.30. The quantitative estimate of drug-likeness (QED) is 0.229. The number of benzene rings is 1. The van der Waals surface area contributed by atoms with E-state index in [4.69, 9.17) is 24.7 Å². The Morgan fingerprint density at radius 3 is 2.25 bits per heavy atom. The maximum Gasteiger partial charge on any atom is 0.405 e. The van der Waals surface area contributed by atoms with Gasteiger partial charge in [-0.25, -0.2) is 4.79 Å². The summed E-state index contributed by atoms with van der Waals surface area (Å²) in [5.74, 6) is -1.43. The third-order valence-electron chi connectivity index (χ3n) is 7.33. The van der Waals surface area contributed by atoms with Crippen LogP contribution in [0.1, 0.15) is 52.7 Å². The third-order valence-corrected chi connectivity index (χ3v) is 7.33. The number of phenols is 2. The number of primary amides is 1. The third kappa shape index (κ3) is 8.33. The maximum atomic E-state index is 12.9. The maximum absolute atomic E-state index is 12.9. The summed E-state index contributed by atoms with van der Waals surface area (Å²) in [5.41, 5.74) is 6.91. The molecule has 2 bridgehead atoms. The summed E-state index contributed by atoms with van der Waals surface area (Å²) in [7, 11) is 4.73. The van der Waals surface area contributed by atoms with Crippen LogP contribution in [0.2, 0.25) is 0 Å². The van der Waals surface area contributed by atoms with Crippen molar-refractivity contribution < 1.29 is 38.7 Å². The Hall–Kier alpha value is -3.34. The molecule has 10 nitrogen and oxygen atoms in total. The van der Waals surface area contributed by atoms with Gasteiger partial charge in [-0.1, -0.05) is 45.1 Å². The molecule has 222 valence electrons. The minimum absolute atomic E-state index is 0.0543. The van der Waals surface area contributed by atoms with E-state index in [-0.39, 0.29) is 47.1 Å². The molecule has 0 radical (unpaired) electrons. The molecule has 0 aromatic heterocycles. The van der Waals surface area contributed by atoms with Gasteiger partial charge in [-0.3, -0.25) is 4.79 Å². The first-order chi connectivity index (χ1) is 18.8. The topological polar surface area (TPSA) is 150 Å². The Labute approximate surface area is 236 Å². The smallest absolute Gasteiger partial charge is 0.405 e. The van der Waals surface area contributed by atoms with Crippen molar-refractivity contribution in [3.8, 4) is 11.5 Å². The lowest BCUT2D eigenvalue weighted by Gasteiger charge is -2.33. The van der Waals surface area contributed by atoms with Crippen LogP contribution in [0.5, 0.6) is 11.5 Å². The van der Waals surface area contributed by atoms with Gasteiger partial charge in [0, 0.05) is 50.4 Å². The zero-order valence-corrected chi connectivity index (χ0v) is 24.6. The monoisotopic (exact) mass is 560 g/mol. The van der Waals surface area contributed by atoms with E-state index in [9.17, 15) is 19.8 Å². The standard InChI is InChI=1S/C30H44N2O8/c1-16-10-9-11-17(2)29(35)32-23-15-21(33)14-22(25(23)34)27(38-7)20(5)13-24(37-6)28(39-8)19(4)12-18(3)26(16)40-30(31)36/h9-12,14-16,19-20,24,26-28,33-34H,13H2,1-8H3,(H2,31,36)(H,32,35)/b10-9-,17-11+,18-12+/t16-,19+,20-,24+,26?,27+,28-/m0/s1. The van der Waals surface area contributed by atoms with Crippen molar-refractivity contribution in [3.05, 3.63) is 53.1 Å². The van der Waals surface area contributed by atoms with Crippen LogP contribution in [0.3, 0.4) is 0 Å². The molecule has 0 saturated heterocycles. The van der Waals surface area contributed by atoms with Crippen LogP contribution in [0.15, 0.2) is 47.6 Å². The second kappa shape index (κ2) is 14.9. The van der Waals surface area contributed by atoms with Crippen LogP contribution in [-0.4, -0.2) is 61.9 Å². The van der Waals surface area contributed by atoms with Crippen LogP contribution < -0.4 is 11.1 Å². The van der Waals surface area contributed by atoms with Gasteiger partial charge in [-0.2, -0.15) is 0 Å². The number of nitrogens with one attached hydrogen (secondary N) is 1. The number of hydrogen-bond acceptors (Lipinski definition) is 8. The molecule has 0 fully saturated rings. The molecule has 1 unspecified atom stereocenters. The van der Waals surface area contributed by atoms with Crippen molar-refractivity contribution in [2.75, 3.05) is 26.6 Å². The molecular weight excluding hydrogens is 516 g/mol. The molecule has 2 rings (SSSR count). The average molecular weight is 561 g/mol. The summed E-state index contributed by atoms with van der Waals surface area (Å²) < 4.78 is 23.0. The van der Waals surface area contributed by atoms with Crippen molar-refractivity contribution in [1.82, 2.24) is 0 Å². The predicted molar refractivity (Wildman–Crippen MR) is 153 cm³/mol. The SMILES string of the molecule is CO[C@H]1[C@H](C)/C=C(\C)C(OC(N)=O)[C@@H](C)/C=C\C=C(/C)C(=O)Nc2cc(O)cc(c2O)[C@H](OC)[C@@H](C)C[C@H]1OC. The molecule has 1 heterocycles. The highest BCUT2D eigenvalue weighted by molar-refractivity contribution is 6.04. The summed E-state index contributed by atoms with van der Waals surface area (Å²) in [6.07, 6.45) is 4.64. The van der Waals surface area contributed by atoms with Gasteiger partial charge in [-0.15, -0.1) is 0 Å². The fraction of sp³-hybridized carbons (Fsp3) is 0.533. The number of carbonyl (C=O) groups is 2. The van der Waals surface area contributed by atoms with Crippen molar-refractivity contribution in [2.24, 2.45) is 23.5 Å². The second-order valence-corrected chi connectivity index (χ2v) is 10.5. The summed E-state index contributed by atoms with van der Waals surface area (Å²) in [5, 5.41) is 24.2. The van der Waals surface area contributed by atoms with Crippen molar-refractivity contribution in [1.29, 1.82) is 0 Å². The number of hydrogen-bond donors (Lipinski definition) is 4. The number of carbonyl (C=O) groups excluding carboxylic acids is 2. The summed E-state index contributed by atoms with van der Waals surface area (Å²) in [6, 6.07) is 2.71. The van der Waals surface area contributed by atoms with Gasteiger partial charge in [0.1, 0.15) is 17.6 Å². The highest BCUT2D eigenvalue weighted by Crippen LogP contribution is 2.42. The van der Waals surface area contributed by atoms with E-state index in [1.807, 2.05) is 33.8 Å². The van der Waals surface area contributed by atoms with Gasteiger partial charge in [-0.05, 0) is 37.8 Å². The van der Waals surface area contributed by atoms with Gasteiger partial charge < -0.3 is 40.2 Å². The molecule has 7 atom stereocenters. The Morgan fingerprint density at radius 2 is 1.68 bits per heavy atom. The fourth-order valence-electron chi connectivity index (χ4n) is 5.30. The Morgan fingerprint density at radius 1 is 1.00 bits per heavy atom. The number of anilines is 1. The second-order valence-electron chi connectivity index (χ2n) is 10.5. The molecule has 10 heteroatoms. The van der Waals surface area contributed by atoms with Crippen LogP contribution >= 0.6 is 0 Å². The van der Waals surface area contributed by atoms with E-state index < -0.39 is 24.2 Å². The number of nitrogens with two attached hydrogens (primary N) is 1. The van der Waals surface area contributed by atoms with Gasteiger partial charge in [0.15, 0.2) is 0 Å². The number of phenolic OH excluding ortho intramolecular Hbond substituents is 2. The molecule has 1 aromatic rings. The van der Waals surface area contributed by atoms with Gasteiger partial charge >= 0.3 is 6.09 Å². The highest BCUT2D eigenvalue weighted by atomic mass is 16.6. The minimum atomic E-state index is -0.891. The predicted octanol–water partition coefficient (Wildman–Crippen LogP) is 4.98. The number of aromatic hydroxyl groups is 2. The summed E-state index contributed by atoms with van der Waals surface area (Å²) >= 11 is 0. The first kappa shape index (κ1) is 32.9. The highest BCUT2D eigenvalue weighted by Gasteiger charge is 2.33. The number of ether oxygens (including phenoxy) is 4. The molecule has 1 aliphatic heterocycles. The zero-order chi connectivity index (χ0) is 30.1. The van der Waals surface area contributed by atoms with Crippen LogP contribution in [0.25, 0.3) is 0 Å². The molecule has 40 heavy (non-hydrogen) atoms. The molecule has 1 aliphatic rings. The Balaban J connectivity index is 2.67. The average Bonchev–Trinajstić information content (AvgIpc) is 2.88. The summed E-state index contributed by atoms with van der Waals surface area (Å²) in [4.78, 5) is 24.6. The number of fused-ring (bicyclic) bond motifs is 2. The van der Waals surface area contributed by atoms with Crippen molar-refractivity contribution >= 4 is 17.7 Å². The van der Waals surface area contributed by atoms with Crippen molar-refractivity contribution in [2.45, 2.75) is 65.5 Å². The molecule has 2 amide bonds. The van der Waals surface area contributed by atoms with E-state index in [1.165, 1.54) is 19.2 Å². The van der Waals surface area contributed by atoms with E-state index >= 15 is 0 Å². The normalized spacial score (nSPS) is 32.2. The molecule has 0 saturated carbocycles. The van der Waals surface area contributed by atoms with Gasteiger partial charge in [0.25, 0.3) is 5.91 Å². The van der Waals surface area contributed by atoms with Gasteiger partial charge in [0.2, 0.25) is 0 Å². The van der Waals surface area contributed by atoms with Crippen LogP contribution in [0.4, 0.5) is 10.5 Å². The Kier molecular flexibility index (Phi) is 12.2. The lowest BCUT2D eigenvalue weighted by molar-refractivity contribution is -0.112. The first-order valence-electron chi connectivity index (χ1n) is 13.3. The molecule has 0 spiro atoms. The van der Waals surface area contributed by atoms with Gasteiger partial charge in [0.05, 0.1) is 24.0 Å². The zero-order valence-electron chi connectivity index (χ0n) is 24.6. The molecule has 5 N–H and O–H groups in total. The molecular formula is C30H44N2O8. The lowest BCUT2D eigenvalue weighted by Crippen LogP contribution is -2.37. The minimum Gasteiger partial charge on any atom is -0.508 e. The van der Waals surface area contributed by atoms with E-state index in [2.05, 4.69) is 5.32 Å². The van der Waals surface area contributed by atoms with Crippen LogP contribution in [-0.2, 0) is 23.7 Å². The lowest BCUT2D eigenvalue weighted by atomic mass is 9.86. The first-order valence-corrected chi connectivity index (χ1v) is 13.3. The number of rotatable bonds is 4. The molecule has 0 aliphatic carbocycles. The van der Waals surface area contributed by atoms with E-state index in [0.717, 1.165) is 5.57 Å². The summed E-state index contributed by atoms with van der Waals surface area (Å²) in [6.45, 7) is 9.30. The van der Waals surface area contributed by atoms with Crippen LogP contribution in [0, 0.1) is 17.8 Å². The van der Waals surface area contributed by atoms with E-state index in [1.54, 1.807) is 39.4 Å². The Bertz CT molecular complexity index is 1130. The largest absolute Gasteiger partial charge is 0.508 e. The number of amides is 2.